The fraction of sp³-hybridized carbons (Fsp3) is 0.368. The van der Waals surface area contributed by atoms with Crippen molar-refractivity contribution in [2.75, 3.05) is 6.54 Å². The van der Waals surface area contributed by atoms with Gasteiger partial charge in [-0.2, -0.15) is 5.06 Å². The molecule has 0 bridgehead atoms. The van der Waals surface area contributed by atoms with Crippen LogP contribution in [-0.4, -0.2) is 34.1 Å². The van der Waals surface area contributed by atoms with Crippen molar-refractivity contribution in [3.63, 3.8) is 0 Å². The molecule has 1 aromatic carbocycles. The van der Waals surface area contributed by atoms with Gasteiger partial charge in [0, 0.05) is 13.5 Å². The second kappa shape index (κ2) is 10.0. The third-order valence-electron chi connectivity index (χ3n) is 4.66. The third kappa shape index (κ3) is 5.78. The largest absolute Gasteiger partial charge is 0.433 e. The average molecular weight is 469 g/mol. The van der Waals surface area contributed by atoms with E-state index in [2.05, 4.69) is 5.09 Å². The highest BCUT2D eigenvalue weighted by Gasteiger charge is 2.45. The van der Waals surface area contributed by atoms with Crippen LogP contribution in [0.4, 0.5) is 10.3 Å². The van der Waals surface area contributed by atoms with Crippen LogP contribution in [0.25, 0.3) is 0 Å². The van der Waals surface area contributed by atoms with Crippen molar-refractivity contribution in [3.8, 4) is 0 Å². The predicted molar refractivity (Wildman–Crippen MR) is 107 cm³/mol. The van der Waals surface area contributed by atoms with Gasteiger partial charge in [0.2, 0.25) is 0 Å². The number of hydroxylamine groups is 2. The predicted octanol–water partition coefficient (Wildman–Crippen LogP) is 3.30. The molecule has 0 spiro atoms. The average Bonchev–Trinajstić information content (AvgIpc) is 3.23. The summed E-state index contributed by atoms with van der Waals surface area (Å²) in [6.07, 6.45) is 0.601. The van der Waals surface area contributed by atoms with Gasteiger partial charge >= 0.3 is 11.9 Å². The van der Waals surface area contributed by atoms with Crippen molar-refractivity contribution in [1.29, 1.82) is 0 Å². The molecule has 1 fully saturated rings. The molecule has 2 heterocycles. The first kappa shape index (κ1) is 23.6. The number of carbonyl (C=O) groups excluding carboxylic acids is 2. The lowest BCUT2D eigenvalue weighted by Crippen LogP contribution is -2.46. The van der Waals surface area contributed by atoms with Gasteiger partial charge in [-0.3, -0.25) is 24.3 Å². The molecule has 1 aliphatic rings. The van der Waals surface area contributed by atoms with E-state index >= 15 is 0 Å². The van der Waals surface area contributed by atoms with Gasteiger partial charge in [0.25, 0.3) is 13.4 Å². The monoisotopic (exact) mass is 469 g/mol. The summed E-state index contributed by atoms with van der Waals surface area (Å²) in [5.74, 6) is -2.29. The third-order valence-corrected chi connectivity index (χ3v) is 7.07. The van der Waals surface area contributed by atoms with Crippen molar-refractivity contribution < 1.29 is 37.2 Å². The van der Waals surface area contributed by atoms with Crippen LogP contribution in [0.2, 0.25) is 0 Å². The van der Waals surface area contributed by atoms with E-state index in [1.807, 2.05) is 0 Å². The summed E-state index contributed by atoms with van der Waals surface area (Å²) in [4.78, 5) is 39.1. The summed E-state index contributed by atoms with van der Waals surface area (Å²) < 4.78 is 37.6. The number of amides is 1. The Morgan fingerprint density at radius 1 is 1.34 bits per heavy atom. The normalized spacial score (nSPS) is 18.2. The minimum atomic E-state index is -3.95. The Hall–Kier alpha value is -3.08. The number of halogens is 1. The first-order valence-electron chi connectivity index (χ1n) is 9.65. The molecule has 32 heavy (non-hydrogen) atoms. The number of carbonyl (C=O) groups is 2. The SMILES string of the molecule is CC(=O)ON1CCCC(P(=O)(NCc2ccc(F)cc2)OCc2ccc([N+](=O)[O-])o2)C1=O. The molecule has 0 aliphatic carbocycles. The van der Waals surface area contributed by atoms with Crippen LogP contribution in [0, 0.1) is 15.9 Å². The molecule has 1 N–H and O–H groups in total. The first-order chi connectivity index (χ1) is 15.2. The Labute approximate surface area is 182 Å². The van der Waals surface area contributed by atoms with Crippen LogP contribution < -0.4 is 5.09 Å². The zero-order chi connectivity index (χ0) is 23.3. The molecule has 0 saturated carbocycles. The van der Waals surface area contributed by atoms with Gasteiger partial charge in [-0.05, 0) is 36.6 Å². The summed E-state index contributed by atoms with van der Waals surface area (Å²) in [5, 5.41) is 14.4. The highest BCUT2D eigenvalue weighted by atomic mass is 31.2. The van der Waals surface area contributed by atoms with Gasteiger partial charge < -0.3 is 13.8 Å². The number of benzene rings is 1. The van der Waals surface area contributed by atoms with Gasteiger partial charge in [0.1, 0.15) is 28.8 Å². The molecule has 11 nitrogen and oxygen atoms in total. The van der Waals surface area contributed by atoms with Gasteiger partial charge in [-0.1, -0.05) is 12.1 Å². The number of furan rings is 1. The zero-order valence-corrected chi connectivity index (χ0v) is 18.0. The standard InChI is InChI=1S/C19H21FN3O8P/c1-13(24)31-22-10-2-3-17(19(22)25)32(28,21-11-14-4-6-15(20)7-5-14)29-12-16-8-9-18(30-16)23(26)27/h4-9,17H,2-3,10-12H2,1H3,(H,21,28). The zero-order valence-electron chi connectivity index (χ0n) is 17.1. The summed E-state index contributed by atoms with van der Waals surface area (Å²) in [6, 6.07) is 7.87. The van der Waals surface area contributed by atoms with Gasteiger partial charge in [0.15, 0.2) is 0 Å². The minimum absolute atomic E-state index is 0.00674. The fourth-order valence-corrected chi connectivity index (χ4v) is 5.30. The van der Waals surface area contributed by atoms with E-state index in [1.165, 1.54) is 30.3 Å². The van der Waals surface area contributed by atoms with Crippen molar-refractivity contribution in [1.82, 2.24) is 10.2 Å². The van der Waals surface area contributed by atoms with Crippen molar-refractivity contribution in [2.45, 2.75) is 38.6 Å². The fourth-order valence-electron chi connectivity index (χ4n) is 3.14. The quantitative estimate of drug-likeness (QED) is 0.333. The van der Waals surface area contributed by atoms with Gasteiger partial charge in [-0.15, -0.1) is 0 Å². The molecule has 0 radical (unpaired) electrons. The van der Waals surface area contributed by atoms with E-state index in [9.17, 15) is 28.7 Å². The molecule has 3 rings (SSSR count). The van der Waals surface area contributed by atoms with Crippen LogP contribution in [-0.2, 0) is 36.7 Å². The van der Waals surface area contributed by atoms with E-state index in [0.29, 0.717) is 12.0 Å². The Balaban J connectivity index is 1.80. The van der Waals surface area contributed by atoms with Crippen LogP contribution in [0.1, 0.15) is 31.1 Å². The first-order valence-corrected chi connectivity index (χ1v) is 11.3. The second-order valence-electron chi connectivity index (χ2n) is 7.01. The van der Waals surface area contributed by atoms with Crippen LogP contribution in [0.15, 0.2) is 40.8 Å². The number of hydrogen-bond donors (Lipinski definition) is 1. The Kier molecular flexibility index (Phi) is 7.39. The molecule has 2 atom stereocenters. The van der Waals surface area contributed by atoms with Gasteiger partial charge in [0.05, 0.1) is 12.6 Å². The molecule has 1 aliphatic heterocycles. The molecule has 1 amide bonds. The van der Waals surface area contributed by atoms with E-state index < -0.39 is 48.3 Å². The van der Waals surface area contributed by atoms with Crippen molar-refractivity contribution >= 4 is 25.3 Å². The minimum Gasteiger partial charge on any atom is -0.403 e. The molecule has 1 aromatic heterocycles. The maximum Gasteiger partial charge on any atom is 0.433 e. The lowest BCUT2D eigenvalue weighted by atomic mass is 10.1. The number of hydrogen-bond acceptors (Lipinski definition) is 8. The lowest BCUT2D eigenvalue weighted by Gasteiger charge is -2.34. The lowest BCUT2D eigenvalue weighted by molar-refractivity contribution is -0.402. The Morgan fingerprint density at radius 2 is 2.06 bits per heavy atom. The Bertz CT molecular complexity index is 1040. The number of nitrogens with one attached hydrogen (secondary N) is 1. The molecular formula is C19H21FN3O8P. The smallest absolute Gasteiger partial charge is 0.403 e. The summed E-state index contributed by atoms with van der Waals surface area (Å²) >= 11 is 0. The number of nitro groups is 1. The Morgan fingerprint density at radius 3 is 2.69 bits per heavy atom. The van der Waals surface area contributed by atoms with Crippen molar-refractivity contribution in [2.24, 2.45) is 0 Å². The summed E-state index contributed by atoms with van der Waals surface area (Å²) in [7, 11) is -3.95. The highest BCUT2D eigenvalue weighted by molar-refractivity contribution is 7.58. The number of nitrogens with zero attached hydrogens (tertiary/aromatic N) is 2. The van der Waals surface area contributed by atoms with E-state index in [0.717, 1.165) is 18.1 Å². The molecule has 1 saturated heterocycles. The van der Waals surface area contributed by atoms with E-state index in [-0.39, 0.29) is 25.3 Å². The molecule has 2 aromatic rings. The second-order valence-corrected chi connectivity index (χ2v) is 9.40. The maximum absolute atomic E-state index is 13.8. The molecular weight excluding hydrogens is 448 g/mol. The highest BCUT2D eigenvalue weighted by Crippen LogP contribution is 2.52. The van der Waals surface area contributed by atoms with Gasteiger partial charge in [-0.25, -0.2) is 9.48 Å². The topological polar surface area (TPSA) is 141 Å². The van der Waals surface area contributed by atoms with Crippen LogP contribution >= 0.6 is 7.52 Å². The molecule has 2 unspecified atom stereocenters. The van der Waals surface area contributed by atoms with Crippen LogP contribution in [0.5, 0.6) is 0 Å². The van der Waals surface area contributed by atoms with E-state index in [1.54, 1.807) is 0 Å². The summed E-state index contributed by atoms with van der Waals surface area (Å²) in [6.45, 7) is 0.882. The van der Waals surface area contributed by atoms with Crippen molar-refractivity contribution in [3.05, 3.63) is 63.7 Å². The number of piperidine rings is 1. The summed E-state index contributed by atoms with van der Waals surface area (Å²) in [5.41, 5.74) is -0.579. The van der Waals surface area contributed by atoms with E-state index in [4.69, 9.17) is 13.8 Å². The molecule has 13 heteroatoms. The van der Waals surface area contributed by atoms with Crippen LogP contribution in [0.3, 0.4) is 0 Å². The number of rotatable bonds is 9. The molecule has 172 valence electrons. The maximum atomic E-state index is 13.8.